The number of nitrogens with zero attached hydrogens (tertiary/aromatic N) is 3. The maximum Gasteiger partial charge on any atom is 0.222 e. The summed E-state index contributed by atoms with van der Waals surface area (Å²) in [6, 6.07) is 10.8. The maximum atomic E-state index is 13.4. The van der Waals surface area contributed by atoms with Gasteiger partial charge in [0.1, 0.15) is 22.9 Å². The van der Waals surface area contributed by atoms with E-state index in [4.69, 9.17) is 10.5 Å². The van der Waals surface area contributed by atoms with Gasteiger partial charge in [-0.15, -0.1) is 0 Å². The molecule has 0 fully saturated rings. The number of benzene rings is 2. The summed E-state index contributed by atoms with van der Waals surface area (Å²) in [6.07, 6.45) is 0.279. The third kappa shape index (κ3) is 2.63. The van der Waals surface area contributed by atoms with Crippen LogP contribution in [0.25, 0.3) is 16.4 Å². The van der Waals surface area contributed by atoms with Crippen LogP contribution in [-0.4, -0.2) is 21.7 Å². The van der Waals surface area contributed by atoms with Gasteiger partial charge in [-0.1, -0.05) is 12.1 Å². The van der Waals surface area contributed by atoms with Crippen LogP contribution in [0.2, 0.25) is 0 Å². The first-order chi connectivity index (χ1) is 12.0. The molecule has 2 aromatic carbocycles. The fraction of sp³-hybridized carbons (Fsp3) is 0.111. The van der Waals surface area contributed by atoms with Gasteiger partial charge in [0, 0.05) is 17.9 Å². The Bertz CT molecular complexity index is 1090. The summed E-state index contributed by atoms with van der Waals surface area (Å²) in [5, 5.41) is 5.25. The first-order valence-electron chi connectivity index (χ1n) is 7.61. The first-order valence-corrected chi connectivity index (χ1v) is 7.61. The molecule has 4 rings (SSSR count). The third-order valence-electron chi connectivity index (χ3n) is 4.01. The van der Waals surface area contributed by atoms with E-state index in [0.717, 1.165) is 17.0 Å². The van der Waals surface area contributed by atoms with Gasteiger partial charge in [-0.25, -0.2) is 13.8 Å². The smallest absolute Gasteiger partial charge is 0.222 e. The van der Waals surface area contributed by atoms with Gasteiger partial charge >= 0.3 is 0 Å². The van der Waals surface area contributed by atoms with Crippen molar-refractivity contribution in [3.63, 3.8) is 0 Å². The van der Waals surface area contributed by atoms with Crippen LogP contribution in [0, 0.1) is 11.6 Å². The molecule has 0 saturated heterocycles. The normalized spacial score (nSPS) is 11.3. The van der Waals surface area contributed by atoms with E-state index < -0.39 is 11.6 Å². The number of nitrogen functional groups attached to an aromatic ring is 1. The number of methoxy groups -OCH3 is 1. The third-order valence-corrected chi connectivity index (χ3v) is 4.01. The van der Waals surface area contributed by atoms with Gasteiger partial charge in [0.15, 0.2) is 0 Å². The summed E-state index contributed by atoms with van der Waals surface area (Å²) in [4.78, 5) is 4.36. The summed E-state index contributed by atoms with van der Waals surface area (Å²) < 4.78 is 33.6. The second-order valence-corrected chi connectivity index (χ2v) is 5.71. The molecular formula is C18H14F2N4O. The standard InChI is InChI=1S/C18H14F2N4O/c1-25-16-4-2-3-14-15-9-13(23-24(15)18(21)22-17(14)16)7-10-5-11(19)8-12(20)6-10/h2-6,8-9H,7H2,1H3,(H2,21,22). The van der Waals surface area contributed by atoms with E-state index in [0.29, 0.717) is 22.5 Å². The number of rotatable bonds is 3. The number of fused-ring (bicyclic) bond motifs is 3. The van der Waals surface area contributed by atoms with Crippen molar-refractivity contribution in [3.8, 4) is 5.75 Å². The van der Waals surface area contributed by atoms with Gasteiger partial charge in [-0.05, 0) is 29.8 Å². The van der Waals surface area contributed by atoms with Crippen LogP contribution in [0.4, 0.5) is 14.7 Å². The van der Waals surface area contributed by atoms with E-state index in [1.54, 1.807) is 13.2 Å². The largest absolute Gasteiger partial charge is 0.494 e. The maximum absolute atomic E-state index is 13.4. The minimum atomic E-state index is -0.616. The molecule has 126 valence electrons. The predicted octanol–water partition coefficient (Wildman–Crippen LogP) is 3.34. The van der Waals surface area contributed by atoms with Gasteiger partial charge in [0.25, 0.3) is 0 Å². The van der Waals surface area contributed by atoms with Crippen LogP contribution in [0.15, 0.2) is 42.5 Å². The number of anilines is 1. The average molecular weight is 340 g/mol. The molecule has 0 aliphatic carbocycles. The van der Waals surface area contributed by atoms with Gasteiger partial charge in [-0.2, -0.15) is 9.61 Å². The number of nitrogens with two attached hydrogens (primary N) is 1. The lowest BCUT2D eigenvalue weighted by Gasteiger charge is -2.07. The van der Waals surface area contributed by atoms with Crippen LogP contribution in [0.1, 0.15) is 11.3 Å². The molecule has 0 unspecified atom stereocenters. The van der Waals surface area contributed by atoms with E-state index in [9.17, 15) is 8.78 Å². The van der Waals surface area contributed by atoms with E-state index in [-0.39, 0.29) is 12.4 Å². The van der Waals surface area contributed by atoms with E-state index in [1.807, 2.05) is 18.2 Å². The fourth-order valence-electron chi connectivity index (χ4n) is 2.98. The van der Waals surface area contributed by atoms with E-state index in [1.165, 1.54) is 16.6 Å². The van der Waals surface area contributed by atoms with Gasteiger partial charge in [0.2, 0.25) is 5.95 Å². The minimum Gasteiger partial charge on any atom is -0.494 e. The van der Waals surface area contributed by atoms with Gasteiger partial charge in [-0.3, -0.25) is 0 Å². The zero-order valence-electron chi connectivity index (χ0n) is 13.3. The summed E-state index contributed by atoms with van der Waals surface area (Å²) in [5.74, 6) is -0.407. The Kier molecular flexibility index (Phi) is 3.49. The second kappa shape index (κ2) is 5.70. The SMILES string of the molecule is COc1cccc2c1nc(N)n1nc(Cc3cc(F)cc(F)c3)cc21. The molecule has 0 aliphatic rings. The lowest BCUT2D eigenvalue weighted by molar-refractivity contribution is 0.419. The molecule has 4 aromatic rings. The molecule has 7 heteroatoms. The van der Waals surface area contributed by atoms with Crippen molar-refractivity contribution in [3.05, 3.63) is 65.4 Å². The molecular weight excluding hydrogens is 326 g/mol. The van der Waals surface area contributed by atoms with Crippen LogP contribution in [0.5, 0.6) is 5.75 Å². The molecule has 0 aliphatic heterocycles. The van der Waals surface area contributed by atoms with Crippen molar-refractivity contribution in [2.24, 2.45) is 0 Å². The highest BCUT2D eigenvalue weighted by Gasteiger charge is 2.13. The Morgan fingerprint density at radius 3 is 2.60 bits per heavy atom. The number of hydrogen-bond donors (Lipinski definition) is 1. The Morgan fingerprint density at radius 2 is 1.88 bits per heavy atom. The van der Waals surface area contributed by atoms with E-state index in [2.05, 4.69) is 10.1 Å². The monoisotopic (exact) mass is 340 g/mol. The molecule has 0 saturated carbocycles. The zero-order chi connectivity index (χ0) is 17.6. The topological polar surface area (TPSA) is 65.4 Å². The highest BCUT2D eigenvalue weighted by atomic mass is 19.1. The summed E-state index contributed by atoms with van der Waals surface area (Å²) >= 11 is 0. The van der Waals surface area contributed by atoms with Crippen molar-refractivity contribution >= 4 is 22.4 Å². The highest BCUT2D eigenvalue weighted by Crippen LogP contribution is 2.29. The van der Waals surface area contributed by atoms with Crippen LogP contribution in [-0.2, 0) is 6.42 Å². The van der Waals surface area contributed by atoms with Crippen molar-refractivity contribution < 1.29 is 13.5 Å². The fourth-order valence-corrected chi connectivity index (χ4v) is 2.98. The predicted molar refractivity (Wildman–Crippen MR) is 90.6 cm³/mol. The molecule has 2 N–H and O–H groups in total. The number of halogens is 2. The molecule has 25 heavy (non-hydrogen) atoms. The number of para-hydroxylation sites is 1. The summed E-state index contributed by atoms with van der Waals surface area (Å²) in [7, 11) is 1.57. The van der Waals surface area contributed by atoms with Crippen molar-refractivity contribution in [1.82, 2.24) is 14.6 Å². The number of aromatic nitrogens is 3. The Balaban J connectivity index is 1.87. The molecule has 0 amide bonds. The van der Waals surface area contributed by atoms with Crippen molar-refractivity contribution in [1.29, 1.82) is 0 Å². The molecule has 0 atom stereocenters. The molecule has 0 bridgehead atoms. The Labute approximate surface area is 141 Å². The van der Waals surface area contributed by atoms with Crippen LogP contribution in [0.3, 0.4) is 0 Å². The molecule has 5 nitrogen and oxygen atoms in total. The van der Waals surface area contributed by atoms with E-state index >= 15 is 0 Å². The first kappa shape index (κ1) is 15.3. The Hall–Kier alpha value is -3.22. The molecule has 0 spiro atoms. The summed E-state index contributed by atoms with van der Waals surface area (Å²) in [5.41, 5.74) is 8.54. The molecule has 2 aromatic heterocycles. The lowest BCUT2D eigenvalue weighted by Crippen LogP contribution is -2.03. The number of ether oxygens (including phenoxy) is 1. The van der Waals surface area contributed by atoms with Crippen LogP contribution >= 0.6 is 0 Å². The van der Waals surface area contributed by atoms with Gasteiger partial charge in [0.05, 0.1) is 18.3 Å². The second-order valence-electron chi connectivity index (χ2n) is 5.71. The lowest BCUT2D eigenvalue weighted by atomic mass is 10.1. The quantitative estimate of drug-likeness (QED) is 0.621. The van der Waals surface area contributed by atoms with Crippen LogP contribution < -0.4 is 10.5 Å². The molecule has 2 heterocycles. The number of hydrogen-bond acceptors (Lipinski definition) is 4. The Morgan fingerprint density at radius 1 is 1.12 bits per heavy atom. The van der Waals surface area contributed by atoms with Crippen molar-refractivity contribution in [2.75, 3.05) is 12.8 Å². The zero-order valence-corrected chi connectivity index (χ0v) is 13.3. The highest BCUT2D eigenvalue weighted by molar-refractivity contribution is 5.97. The minimum absolute atomic E-state index is 0.212. The summed E-state index contributed by atoms with van der Waals surface area (Å²) in [6.45, 7) is 0. The van der Waals surface area contributed by atoms with Crippen molar-refractivity contribution in [2.45, 2.75) is 6.42 Å². The van der Waals surface area contributed by atoms with Gasteiger partial charge < -0.3 is 10.5 Å². The average Bonchev–Trinajstić information content (AvgIpc) is 2.98. The molecule has 0 radical (unpaired) electrons.